The molecule has 0 saturated carbocycles. The molecule has 1 N–H and O–H groups in total. The van der Waals surface area contributed by atoms with E-state index in [0.29, 0.717) is 11.4 Å². The molecular formula is C16H18N4S. The fourth-order valence-corrected chi connectivity index (χ4v) is 3.37. The van der Waals surface area contributed by atoms with Crippen LogP contribution < -0.4 is 5.32 Å². The summed E-state index contributed by atoms with van der Waals surface area (Å²) in [6.45, 7) is 6.42. The first-order chi connectivity index (χ1) is 9.97. The van der Waals surface area contributed by atoms with Crippen LogP contribution in [0.1, 0.15) is 49.7 Å². The number of anilines is 2. The number of rotatable bonds is 2. The molecule has 4 nitrogen and oxygen atoms in total. The number of thiazole rings is 1. The van der Waals surface area contributed by atoms with Gasteiger partial charge in [0.2, 0.25) is 0 Å². The zero-order chi connectivity index (χ0) is 15.0. The Kier molecular flexibility index (Phi) is 3.42. The Morgan fingerprint density at radius 2 is 2.10 bits per heavy atom. The number of aromatic nitrogens is 2. The van der Waals surface area contributed by atoms with Gasteiger partial charge in [0.1, 0.15) is 11.9 Å². The van der Waals surface area contributed by atoms with Crippen LogP contribution in [-0.2, 0) is 18.3 Å². The average molecular weight is 298 g/mol. The van der Waals surface area contributed by atoms with Gasteiger partial charge in [-0.05, 0) is 30.9 Å². The second kappa shape index (κ2) is 5.12. The minimum absolute atomic E-state index is 0.0276. The molecule has 2 aromatic heterocycles. The molecule has 108 valence electrons. The average Bonchev–Trinajstić information content (AvgIpc) is 3.05. The van der Waals surface area contributed by atoms with E-state index >= 15 is 0 Å². The molecule has 2 aromatic rings. The summed E-state index contributed by atoms with van der Waals surface area (Å²) in [6.07, 6.45) is 3.16. The molecular weight excluding hydrogens is 280 g/mol. The summed E-state index contributed by atoms with van der Waals surface area (Å²) in [5.41, 5.74) is 4.01. The summed E-state index contributed by atoms with van der Waals surface area (Å²) in [6, 6.07) is 4.20. The summed E-state index contributed by atoms with van der Waals surface area (Å²) >= 11 is 1.55. The lowest BCUT2D eigenvalue weighted by molar-refractivity contribution is 0.573. The van der Waals surface area contributed by atoms with Crippen molar-refractivity contribution in [2.75, 3.05) is 5.32 Å². The van der Waals surface area contributed by atoms with Crippen molar-refractivity contribution in [1.82, 2.24) is 9.97 Å². The molecule has 0 spiro atoms. The number of nitrogens with zero attached hydrogens (tertiary/aromatic N) is 3. The molecule has 0 unspecified atom stereocenters. The van der Waals surface area contributed by atoms with Crippen molar-refractivity contribution in [3.8, 4) is 6.07 Å². The van der Waals surface area contributed by atoms with E-state index in [2.05, 4.69) is 47.5 Å². The molecule has 5 heteroatoms. The van der Waals surface area contributed by atoms with Crippen LogP contribution in [0.15, 0.2) is 11.4 Å². The Balaban J connectivity index is 1.92. The molecule has 0 bridgehead atoms. The van der Waals surface area contributed by atoms with Gasteiger partial charge < -0.3 is 5.32 Å². The first kappa shape index (κ1) is 14.0. The van der Waals surface area contributed by atoms with E-state index in [1.54, 1.807) is 11.3 Å². The number of nitriles is 1. The van der Waals surface area contributed by atoms with Crippen LogP contribution in [0.2, 0.25) is 0 Å². The normalized spacial score (nSPS) is 13.8. The Morgan fingerprint density at radius 1 is 1.29 bits per heavy atom. The summed E-state index contributed by atoms with van der Waals surface area (Å²) in [5, 5.41) is 15.4. The van der Waals surface area contributed by atoms with Crippen molar-refractivity contribution in [3.05, 3.63) is 34.0 Å². The van der Waals surface area contributed by atoms with E-state index < -0.39 is 0 Å². The molecule has 1 aliphatic rings. The molecule has 0 amide bonds. The summed E-state index contributed by atoms with van der Waals surface area (Å²) in [7, 11) is 0. The van der Waals surface area contributed by atoms with E-state index in [9.17, 15) is 5.26 Å². The number of fused-ring (bicyclic) bond motifs is 1. The molecule has 0 fully saturated rings. The maximum Gasteiger partial charge on any atom is 0.188 e. The smallest absolute Gasteiger partial charge is 0.188 e. The van der Waals surface area contributed by atoms with Crippen LogP contribution in [0.3, 0.4) is 0 Å². The predicted molar refractivity (Wildman–Crippen MR) is 85.1 cm³/mol. The Hall–Kier alpha value is -1.93. The second-order valence-electron chi connectivity index (χ2n) is 6.37. The molecule has 0 aliphatic heterocycles. The van der Waals surface area contributed by atoms with Crippen LogP contribution in [-0.4, -0.2) is 9.97 Å². The van der Waals surface area contributed by atoms with Crippen LogP contribution >= 0.6 is 11.3 Å². The summed E-state index contributed by atoms with van der Waals surface area (Å²) in [4.78, 5) is 9.23. The monoisotopic (exact) mass is 298 g/mol. The number of hydrogen-bond acceptors (Lipinski definition) is 5. The summed E-state index contributed by atoms with van der Waals surface area (Å²) < 4.78 is 0. The van der Waals surface area contributed by atoms with Crippen molar-refractivity contribution in [1.29, 1.82) is 5.26 Å². The van der Waals surface area contributed by atoms with Crippen molar-refractivity contribution in [2.45, 2.75) is 45.4 Å². The fraction of sp³-hybridized carbons (Fsp3) is 0.438. The van der Waals surface area contributed by atoms with Gasteiger partial charge in [-0.1, -0.05) is 20.8 Å². The molecule has 0 atom stereocenters. The van der Waals surface area contributed by atoms with Crippen LogP contribution in [0, 0.1) is 11.3 Å². The van der Waals surface area contributed by atoms with Crippen LogP contribution in [0.4, 0.5) is 10.9 Å². The highest BCUT2D eigenvalue weighted by atomic mass is 32.1. The van der Waals surface area contributed by atoms with Gasteiger partial charge in [0.05, 0.1) is 11.3 Å². The predicted octanol–water partition coefficient (Wildman–Crippen LogP) is 3.94. The zero-order valence-corrected chi connectivity index (χ0v) is 13.3. The van der Waals surface area contributed by atoms with Crippen molar-refractivity contribution >= 4 is 22.3 Å². The number of pyridine rings is 1. The quantitative estimate of drug-likeness (QED) is 0.912. The van der Waals surface area contributed by atoms with Gasteiger partial charge in [-0.2, -0.15) is 5.26 Å². The highest BCUT2D eigenvalue weighted by Gasteiger charge is 2.19. The molecule has 2 heterocycles. The third-order valence-corrected chi connectivity index (χ3v) is 4.43. The molecule has 0 radical (unpaired) electrons. The first-order valence-corrected chi connectivity index (χ1v) is 8.01. The number of nitrogens with one attached hydrogen (secondary N) is 1. The van der Waals surface area contributed by atoms with Crippen molar-refractivity contribution < 1.29 is 0 Å². The van der Waals surface area contributed by atoms with Gasteiger partial charge in [-0.3, -0.25) is 0 Å². The highest BCUT2D eigenvalue weighted by molar-refractivity contribution is 7.13. The summed E-state index contributed by atoms with van der Waals surface area (Å²) in [5.74, 6) is 0.632. The molecule has 0 saturated heterocycles. The van der Waals surface area contributed by atoms with E-state index in [-0.39, 0.29) is 5.41 Å². The minimum Gasteiger partial charge on any atom is -0.315 e. The maximum atomic E-state index is 9.32. The minimum atomic E-state index is 0.0276. The molecule has 0 aromatic carbocycles. The largest absolute Gasteiger partial charge is 0.315 e. The van der Waals surface area contributed by atoms with Gasteiger partial charge in [0.15, 0.2) is 5.13 Å². The van der Waals surface area contributed by atoms with E-state index in [1.807, 2.05) is 6.07 Å². The van der Waals surface area contributed by atoms with Crippen LogP contribution in [0.25, 0.3) is 0 Å². The van der Waals surface area contributed by atoms with E-state index in [4.69, 9.17) is 0 Å². The van der Waals surface area contributed by atoms with E-state index in [1.165, 1.54) is 5.56 Å². The van der Waals surface area contributed by atoms with Gasteiger partial charge in [0.25, 0.3) is 0 Å². The maximum absolute atomic E-state index is 9.32. The molecule has 21 heavy (non-hydrogen) atoms. The fourth-order valence-electron chi connectivity index (χ4n) is 2.43. The Labute approximate surface area is 128 Å². The van der Waals surface area contributed by atoms with Gasteiger partial charge in [0, 0.05) is 16.5 Å². The lowest BCUT2D eigenvalue weighted by atomic mass is 9.93. The lowest BCUT2D eigenvalue weighted by Gasteiger charge is -2.14. The standard InChI is InChI=1S/C16H18N4S/c1-16(2,3)13-9-21-15(19-13)20-14-11(8-17)7-10-5-4-6-12(10)18-14/h7,9H,4-6H2,1-3H3,(H,18,19,20). The zero-order valence-electron chi connectivity index (χ0n) is 12.5. The lowest BCUT2D eigenvalue weighted by Crippen LogP contribution is -2.11. The van der Waals surface area contributed by atoms with Crippen molar-refractivity contribution in [2.24, 2.45) is 0 Å². The topological polar surface area (TPSA) is 61.6 Å². The van der Waals surface area contributed by atoms with Gasteiger partial charge >= 0.3 is 0 Å². The highest BCUT2D eigenvalue weighted by Crippen LogP contribution is 2.30. The SMILES string of the molecule is CC(C)(C)c1csc(Nc2nc3c(cc2C#N)CCC3)n1. The second-order valence-corrected chi connectivity index (χ2v) is 7.23. The number of aryl methyl sites for hydroxylation is 2. The third kappa shape index (κ3) is 2.77. The van der Waals surface area contributed by atoms with Crippen LogP contribution in [0.5, 0.6) is 0 Å². The molecule has 3 rings (SSSR count). The third-order valence-electron chi connectivity index (χ3n) is 3.67. The van der Waals surface area contributed by atoms with E-state index in [0.717, 1.165) is 35.8 Å². The molecule has 1 aliphatic carbocycles. The van der Waals surface area contributed by atoms with Gasteiger partial charge in [-0.25, -0.2) is 9.97 Å². The first-order valence-electron chi connectivity index (χ1n) is 7.13. The Morgan fingerprint density at radius 3 is 2.76 bits per heavy atom. The van der Waals surface area contributed by atoms with Crippen molar-refractivity contribution in [3.63, 3.8) is 0 Å². The van der Waals surface area contributed by atoms with Gasteiger partial charge in [-0.15, -0.1) is 11.3 Å². The number of hydrogen-bond donors (Lipinski definition) is 1. The Bertz CT molecular complexity index is 719.